The lowest BCUT2D eigenvalue weighted by molar-refractivity contribution is -0.121. The summed E-state index contributed by atoms with van der Waals surface area (Å²) >= 11 is 0. The van der Waals surface area contributed by atoms with E-state index in [0.717, 1.165) is 21.7 Å². The van der Waals surface area contributed by atoms with Crippen LogP contribution < -0.4 is 5.32 Å². The van der Waals surface area contributed by atoms with E-state index in [1.165, 1.54) is 18.2 Å². The Bertz CT molecular complexity index is 1130. The number of carbonyl (C=O) groups is 1. The van der Waals surface area contributed by atoms with Crippen molar-refractivity contribution in [2.45, 2.75) is 20.0 Å². The molecule has 10 heteroatoms. The van der Waals surface area contributed by atoms with Crippen LogP contribution in [-0.2, 0) is 27.9 Å². The van der Waals surface area contributed by atoms with Gasteiger partial charge in [-0.3, -0.25) is 4.79 Å². The van der Waals surface area contributed by atoms with E-state index in [0.29, 0.717) is 5.82 Å². The zero-order valence-electron chi connectivity index (χ0n) is 16.5. The summed E-state index contributed by atoms with van der Waals surface area (Å²) in [4.78, 5) is 16.5. The van der Waals surface area contributed by atoms with Crippen molar-refractivity contribution in [3.05, 3.63) is 71.4 Å². The predicted molar refractivity (Wildman–Crippen MR) is 108 cm³/mol. The van der Waals surface area contributed by atoms with E-state index in [2.05, 4.69) is 15.5 Å². The molecule has 0 aliphatic rings. The first kappa shape index (κ1) is 21.6. The molecular weight excluding hydrogens is 411 g/mol. The minimum atomic E-state index is -3.74. The highest BCUT2D eigenvalue weighted by Gasteiger charge is 2.22. The van der Waals surface area contributed by atoms with Gasteiger partial charge in [-0.15, -0.1) is 0 Å². The maximum absolute atomic E-state index is 13.9. The van der Waals surface area contributed by atoms with Crippen LogP contribution in [-0.4, -0.2) is 41.6 Å². The van der Waals surface area contributed by atoms with Crippen molar-refractivity contribution < 1.29 is 22.1 Å². The van der Waals surface area contributed by atoms with Crippen molar-refractivity contribution >= 4 is 15.9 Å². The topological polar surface area (TPSA) is 105 Å². The molecule has 30 heavy (non-hydrogen) atoms. The molecule has 1 heterocycles. The Hall–Kier alpha value is -3.11. The SMILES string of the molecule is Cc1ccc(-c2noc(CNC(=O)CN(Cc3ccccc3F)S(C)(=O)=O)n2)cc1. The zero-order valence-corrected chi connectivity index (χ0v) is 17.3. The van der Waals surface area contributed by atoms with Gasteiger partial charge in [0.05, 0.1) is 19.3 Å². The summed E-state index contributed by atoms with van der Waals surface area (Å²) in [6, 6.07) is 13.4. The lowest BCUT2D eigenvalue weighted by Crippen LogP contribution is -2.39. The normalized spacial score (nSPS) is 11.6. The molecule has 0 aliphatic carbocycles. The fourth-order valence-corrected chi connectivity index (χ4v) is 3.37. The third-order valence-electron chi connectivity index (χ3n) is 4.31. The first-order valence-corrected chi connectivity index (χ1v) is 10.9. The number of aryl methyl sites for hydroxylation is 1. The van der Waals surface area contributed by atoms with Crippen molar-refractivity contribution in [1.82, 2.24) is 19.8 Å². The number of hydrogen-bond acceptors (Lipinski definition) is 6. The lowest BCUT2D eigenvalue weighted by atomic mass is 10.1. The number of nitrogens with one attached hydrogen (secondary N) is 1. The van der Waals surface area contributed by atoms with Crippen molar-refractivity contribution in [3.8, 4) is 11.4 Å². The van der Waals surface area contributed by atoms with Gasteiger partial charge in [0.1, 0.15) is 5.82 Å². The number of hydrogen-bond donors (Lipinski definition) is 1. The molecule has 0 bridgehead atoms. The maximum Gasteiger partial charge on any atom is 0.246 e. The van der Waals surface area contributed by atoms with Crippen molar-refractivity contribution in [3.63, 3.8) is 0 Å². The highest BCUT2D eigenvalue weighted by molar-refractivity contribution is 7.88. The molecule has 0 unspecified atom stereocenters. The largest absolute Gasteiger partial charge is 0.346 e. The quantitative estimate of drug-likeness (QED) is 0.585. The fourth-order valence-electron chi connectivity index (χ4n) is 2.64. The van der Waals surface area contributed by atoms with E-state index in [9.17, 15) is 17.6 Å². The molecule has 1 aromatic heterocycles. The lowest BCUT2D eigenvalue weighted by Gasteiger charge is -2.19. The molecule has 0 saturated heterocycles. The highest BCUT2D eigenvalue weighted by Crippen LogP contribution is 2.16. The van der Waals surface area contributed by atoms with Gasteiger partial charge in [0.15, 0.2) is 0 Å². The Morgan fingerprint density at radius 3 is 2.53 bits per heavy atom. The van der Waals surface area contributed by atoms with Crippen LogP contribution in [0.25, 0.3) is 11.4 Å². The van der Waals surface area contributed by atoms with Gasteiger partial charge in [-0.2, -0.15) is 9.29 Å². The molecule has 3 aromatic rings. The minimum absolute atomic E-state index is 0.0605. The molecule has 0 fully saturated rings. The Morgan fingerprint density at radius 1 is 1.17 bits per heavy atom. The second-order valence-corrected chi connectivity index (χ2v) is 8.76. The van der Waals surface area contributed by atoms with Crippen LogP contribution in [0.5, 0.6) is 0 Å². The summed E-state index contributed by atoms with van der Waals surface area (Å²) in [5.74, 6) is -0.552. The Balaban J connectivity index is 1.61. The Morgan fingerprint density at radius 2 is 1.87 bits per heavy atom. The number of halogens is 1. The molecule has 1 N–H and O–H groups in total. The fraction of sp³-hybridized carbons (Fsp3) is 0.250. The van der Waals surface area contributed by atoms with Gasteiger partial charge in [-0.25, -0.2) is 12.8 Å². The summed E-state index contributed by atoms with van der Waals surface area (Å²) in [6.45, 7) is 1.19. The second-order valence-electron chi connectivity index (χ2n) is 6.78. The molecule has 2 aromatic carbocycles. The van der Waals surface area contributed by atoms with Gasteiger partial charge in [0.2, 0.25) is 27.6 Å². The van der Waals surface area contributed by atoms with Crippen LogP contribution >= 0.6 is 0 Å². The van der Waals surface area contributed by atoms with Gasteiger partial charge >= 0.3 is 0 Å². The molecule has 0 radical (unpaired) electrons. The van der Waals surface area contributed by atoms with Gasteiger partial charge in [-0.05, 0) is 13.0 Å². The van der Waals surface area contributed by atoms with Crippen LogP contribution in [0.2, 0.25) is 0 Å². The van der Waals surface area contributed by atoms with Gasteiger partial charge < -0.3 is 9.84 Å². The van der Waals surface area contributed by atoms with Crippen molar-refractivity contribution in [1.29, 1.82) is 0 Å². The average Bonchev–Trinajstić information content (AvgIpc) is 3.16. The summed E-state index contributed by atoms with van der Waals surface area (Å²) < 4.78 is 43.9. The number of sulfonamides is 1. The van der Waals surface area contributed by atoms with Crippen molar-refractivity contribution in [2.75, 3.05) is 12.8 Å². The highest BCUT2D eigenvalue weighted by atomic mass is 32.2. The standard InChI is InChI=1S/C20H21FN4O4S/c1-14-7-9-15(10-8-14)20-23-19(29-24-20)11-22-18(26)13-25(30(2,27)28)12-16-5-3-4-6-17(16)21/h3-10H,11-13H2,1-2H3,(H,22,26). The van der Waals surface area contributed by atoms with E-state index >= 15 is 0 Å². The van der Waals surface area contributed by atoms with E-state index < -0.39 is 28.3 Å². The summed E-state index contributed by atoms with van der Waals surface area (Å²) in [7, 11) is -3.74. The molecular formula is C20H21FN4O4S. The molecule has 158 valence electrons. The number of benzene rings is 2. The molecule has 1 amide bonds. The van der Waals surface area contributed by atoms with Crippen LogP contribution in [0.15, 0.2) is 53.1 Å². The molecule has 8 nitrogen and oxygen atoms in total. The number of carbonyl (C=O) groups excluding carboxylic acids is 1. The number of aromatic nitrogens is 2. The first-order chi connectivity index (χ1) is 14.2. The van der Waals surface area contributed by atoms with Crippen LogP contribution in [0.3, 0.4) is 0 Å². The molecule has 0 spiro atoms. The maximum atomic E-state index is 13.9. The summed E-state index contributed by atoms with van der Waals surface area (Å²) in [5, 5.41) is 6.42. The minimum Gasteiger partial charge on any atom is -0.346 e. The molecule has 0 saturated carbocycles. The summed E-state index contributed by atoms with van der Waals surface area (Å²) in [6.07, 6.45) is 0.965. The Kier molecular flexibility index (Phi) is 6.58. The van der Waals surface area contributed by atoms with Crippen LogP contribution in [0.1, 0.15) is 17.0 Å². The Labute approximate surface area is 173 Å². The molecule has 3 rings (SSSR count). The summed E-state index contributed by atoms with van der Waals surface area (Å²) in [5.41, 5.74) is 2.05. The van der Waals surface area contributed by atoms with E-state index in [4.69, 9.17) is 4.52 Å². The van der Waals surface area contributed by atoms with Gasteiger partial charge in [-0.1, -0.05) is 53.2 Å². The number of amides is 1. The molecule has 0 aliphatic heterocycles. The zero-order chi connectivity index (χ0) is 21.7. The third-order valence-corrected chi connectivity index (χ3v) is 5.50. The van der Waals surface area contributed by atoms with E-state index in [1.54, 1.807) is 6.07 Å². The molecule has 0 atom stereocenters. The van der Waals surface area contributed by atoms with Crippen LogP contribution in [0, 0.1) is 12.7 Å². The second kappa shape index (κ2) is 9.14. The average molecular weight is 432 g/mol. The van der Waals surface area contributed by atoms with E-state index in [-0.39, 0.29) is 24.5 Å². The monoisotopic (exact) mass is 432 g/mol. The number of nitrogens with zero attached hydrogens (tertiary/aromatic N) is 3. The smallest absolute Gasteiger partial charge is 0.246 e. The predicted octanol–water partition coefficient (Wildman–Crippen LogP) is 2.26. The van der Waals surface area contributed by atoms with E-state index in [1.807, 2.05) is 31.2 Å². The van der Waals surface area contributed by atoms with Crippen molar-refractivity contribution in [2.24, 2.45) is 0 Å². The van der Waals surface area contributed by atoms with Gasteiger partial charge in [0, 0.05) is 17.7 Å². The van der Waals surface area contributed by atoms with Gasteiger partial charge in [0.25, 0.3) is 0 Å². The third kappa shape index (κ3) is 5.71. The number of rotatable bonds is 8. The first-order valence-electron chi connectivity index (χ1n) is 9.07. The van der Waals surface area contributed by atoms with Crippen LogP contribution in [0.4, 0.5) is 4.39 Å².